The predicted molar refractivity (Wildman–Crippen MR) is 114 cm³/mol. The zero-order valence-electron chi connectivity index (χ0n) is 16.9. The van der Waals surface area contributed by atoms with Gasteiger partial charge in [0.2, 0.25) is 0 Å². The van der Waals surface area contributed by atoms with Crippen LogP contribution in [0.4, 0.5) is 18.9 Å². The van der Waals surface area contributed by atoms with Gasteiger partial charge < -0.3 is 15.4 Å². The third-order valence-electron chi connectivity index (χ3n) is 4.85. The Morgan fingerprint density at radius 3 is 2.03 bits per heavy atom. The molecule has 0 fully saturated rings. The second-order valence-corrected chi connectivity index (χ2v) is 7.03. The highest BCUT2D eigenvalue weighted by Gasteiger charge is 2.41. The monoisotopic (exact) mass is 428 g/mol. The van der Waals surface area contributed by atoms with Crippen LogP contribution in [0.1, 0.15) is 17.2 Å². The number of hydrogen-bond donors (Lipinski definition) is 2. The summed E-state index contributed by atoms with van der Waals surface area (Å²) in [6.45, 7) is 0. The first-order valence-corrected chi connectivity index (χ1v) is 9.74. The molecule has 0 unspecified atom stereocenters. The lowest BCUT2D eigenvalue weighted by Crippen LogP contribution is -2.48. The number of carbonyl (C=O) groups is 1. The van der Waals surface area contributed by atoms with Crippen LogP contribution in [-0.4, -0.2) is 25.2 Å². The Bertz CT molecular complexity index is 962. The van der Waals surface area contributed by atoms with Crippen molar-refractivity contribution in [2.75, 3.05) is 12.4 Å². The van der Waals surface area contributed by atoms with E-state index in [2.05, 4.69) is 10.6 Å². The minimum atomic E-state index is -4.98. The molecule has 0 aliphatic heterocycles. The maximum absolute atomic E-state index is 13.1. The van der Waals surface area contributed by atoms with Crippen molar-refractivity contribution in [2.45, 2.75) is 24.7 Å². The van der Waals surface area contributed by atoms with Crippen LogP contribution in [0, 0.1) is 0 Å². The lowest BCUT2D eigenvalue weighted by Gasteiger charge is -2.31. The fourth-order valence-corrected chi connectivity index (χ4v) is 3.31. The molecule has 162 valence electrons. The van der Waals surface area contributed by atoms with Crippen molar-refractivity contribution >= 4 is 11.6 Å². The summed E-state index contributed by atoms with van der Waals surface area (Å²) in [5.74, 6) is -1.31. The Morgan fingerprint density at radius 2 is 1.48 bits per heavy atom. The molecule has 3 rings (SSSR count). The molecular formula is C24H23F3N2O2. The molecule has 3 aromatic rings. The summed E-state index contributed by atoms with van der Waals surface area (Å²) in [5, 5.41) is 5.48. The zero-order chi connectivity index (χ0) is 22.3. The highest BCUT2D eigenvalue weighted by Crippen LogP contribution is 2.27. The van der Waals surface area contributed by atoms with Gasteiger partial charge >= 0.3 is 12.1 Å². The van der Waals surface area contributed by atoms with Crippen molar-refractivity contribution in [1.82, 2.24) is 5.32 Å². The molecule has 1 amide bonds. The van der Waals surface area contributed by atoms with Crippen molar-refractivity contribution < 1.29 is 22.7 Å². The standard InChI is InChI=1S/C24H23F3N2O2/c1-31-20-14-12-19(13-15-20)28-22(18-10-6-3-7-11-18)21(29-23(30)24(25,26)27)16-17-8-4-2-5-9-17/h2-15,21-22,28H,16H2,1H3,(H,29,30)/t21-,22+/m1/s1. The van der Waals surface area contributed by atoms with Crippen LogP contribution in [0.3, 0.4) is 0 Å². The van der Waals surface area contributed by atoms with E-state index in [0.717, 1.165) is 11.1 Å². The van der Waals surface area contributed by atoms with Gasteiger partial charge in [-0.05, 0) is 41.8 Å². The Kier molecular flexibility index (Phi) is 7.18. The van der Waals surface area contributed by atoms with Crippen LogP contribution in [-0.2, 0) is 11.2 Å². The molecule has 0 aromatic heterocycles. The number of hydrogen-bond acceptors (Lipinski definition) is 3. The second-order valence-electron chi connectivity index (χ2n) is 7.03. The molecule has 4 nitrogen and oxygen atoms in total. The number of amides is 1. The van der Waals surface area contributed by atoms with E-state index in [1.54, 1.807) is 31.4 Å². The quantitative estimate of drug-likeness (QED) is 0.523. The summed E-state index contributed by atoms with van der Waals surface area (Å²) in [4.78, 5) is 11.9. The highest BCUT2D eigenvalue weighted by molar-refractivity contribution is 5.82. The molecule has 2 N–H and O–H groups in total. The van der Waals surface area contributed by atoms with E-state index in [0.29, 0.717) is 11.4 Å². The largest absolute Gasteiger partial charge is 0.497 e. The average Bonchev–Trinajstić information content (AvgIpc) is 2.78. The highest BCUT2D eigenvalue weighted by atomic mass is 19.4. The number of halogens is 3. The lowest BCUT2D eigenvalue weighted by molar-refractivity contribution is -0.174. The van der Waals surface area contributed by atoms with Crippen LogP contribution in [0.25, 0.3) is 0 Å². The molecule has 2 atom stereocenters. The Labute approximate surface area is 179 Å². The number of benzene rings is 3. The summed E-state index contributed by atoms with van der Waals surface area (Å²) < 4.78 is 44.4. The van der Waals surface area contributed by atoms with Gasteiger partial charge in [0.25, 0.3) is 0 Å². The van der Waals surface area contributed by atoms with Gasteiger partial charge in [-0.3, -0.25) is 4.79 Å². The molecule has 3 aromatic carbocycles. The number of rotatable bonds is 8. The zero-order valence-corrected chi connectivity index (χ0v) is 16.9. The summed E-state index contributed by atoms with van der Waals surface area (Å²) >= 11 is 0. The van der Waals surface area contributed by atoms with Crippen molar-refractivity contribution in [3.8, 4) is 5.75 Å². The first kappa shape index (κ1) is 22.2. The van der Waals surface area contributed by atoms with E-state index in [1.807, 2.05) is 60.7 Å². The van der Waals surface area contributed by atoms with E-state index >= 15 is 0 Å². The number of nitrogens with one attached hydrogen (secondary N) is 2. The average molecular weight is 428 g/mol. The maximum atomic E-state index is 13.1. The van der Waals surface area contributed by atoms with Gasteiger partial charge in [0.1, 0.15) is 5.75 Å². The first-order valence-electron chi connectivity index (χ1n) is 9.74. The summed E-state index contributed by atoms with van der Waals surface area (Å²) in [7, 11) is 1.55. The molecule has 0 saturated carbocycles. The Hall–Kier alpha value is -3.48. The molecule has 0 aliphatic carbocycles. The van der Waals surface area contributed by atoms with Crippen molar-refractivity contribution in [3.63, 3.8) is 0 Å². The summed E-state index contributed by atoms with van der Waals surface area (Å²) in [6.07, 6.45) is -4.76. The van der Waals surface area contributed by atoms with Crippen LogP contribution >= 0.6 is 0 Å². The minimum absolute atomic E-state index is 0.214. The van der Waals surface area contributed by atoms with Gasteiger partial charge in [0.05, 0.1) is 19.2 Å². The van der Waals surface area contributed by atoms with Crippen LogP contribution in [0.2, 0.25) is 0 Å². The van der Waals surface area contributed by atoms with E-state index in [1.165, 1.54) is 0 Å². The molecule has 0 aliphatic rings. The van der Waals surface area contributed by atoms with Crippen molar-refractivity contribution in [2.24, 2.45) is 0 Å². The van der Waals surface area contributed by atoms with Crippen LogP contribution in [0.15, 0.2) is 84.9 Å². The molecule has 0 spiro atoms. The number of alkyl halides is 3. The van der Waals surface area contributed by atoms with Crippen LogP contribution < -0.4 is 15.4 Å². The molecule has 0 saturated heterocycles. The summed E-state index contributed by atoms with van der Waals surface area (Å²) in [6, 6.07) is 23.8. The van der Waals surface area contributed by atoms with Crippen LogP contribution in [0.5, 0.6) is 5.75 Å². The second kappa shape index (κ2) is 10.0. The van der Waals surface area contributed by atoms with Crippen molar-refractivity contribution in [3.05, 3.63) is 96.1 Å². The number of carbonyl (C=O) groups excluding carboxylic acids is 1. The lowest BCUT2D eigenvalue weighted by atomic mass is 9.93. The van der Waals surface area contributed by atoms with Gasteiger partial charge in [-0.1, -0.05) is 60.7 Å². The molecule has 0 radical (unpaired) electrons. The number of methoxy groups -OCH3 is 1. The molecule has 7 heteroatoms. The van der Waals surface area contributed by atoms with Gasteiger partial charge in [-0.2, -0.15) is 13.2 Å². The first-order chi connectivity index (χ1) is 14.9. The number of anilines is 1. The molecule has 31 heavy (non-hydrogen) atoms. The topological polar surface area (TPSA) is 50.4 Å². The van der Waals surface area contributed by atoms with Gasteiger partial charge in [0, 0.05) is 5.69 Å². The minimum Gasteiger partial charge on any atom is -0.497 e. The Balaban J connectivity index is 1.96. The Morgan fingerprint density at radius 1 is 0.903 bits per heavy atom. The number of ether oxygens (including phenoxy) is 1. The van der Waals surface area contributed by atoms with Gasteiger partial charge in [0.15, 0.2) is 0 Å². The third kappa shape index (κ3) is 6.25. The van der Waals surface area contributed by atoms with E-state index in [4.69, 9.17) is 4.74 Å². The molecule has 0 heterocycles. The van der Waals surface area contributed by atoms with E-state index in [-0.39, 0.29) is 6.42 Å². The smallest absolute Gasteiger partial charge is 0.471 e. The summed E-state index contributed by atoms with van der Waals surface area (Å²) in [5.41, 5.74) is 2.25. The fourth-order valence-electron chi connectivity index (χ4n) is 3.31. The van der Waals surface area contributed by atoms with E-state index in [9.17, 15) is 18.0 Å². The predicted octanol–water partition coefficient (Wildman–Crippen LogP) is 5.14. The van der Waals surface area contributed by atoms with E-state index < -0.39 is 24.2 Å². The van der Waals surface area contributed by atoms with Gasteiger partial charge in [-0.15, -0.1) is 0 Å². The maximum Gasteiger partial charge on any atom is 0.471 e. The third-order valence-corrected chi connectivity index (χ3v) is 4.85. The normalized spacial score (nSPS) is 13.2. The molecular weight excluding hydrogens is 405 g/mol. The molecule has 0 bridgehead atoms. The van der Waals surface area contributed by atoms with Gasteiger partial charge in [-0.25, -0.2) is 0 Å². The van der Waals surface area contributed by atoms with Crippen molar-refractivity contribution in [1.29, 1.82) is 0 Å². The fraction of sp³-hybridized carbons (Fsp3) is 0.208. The SMILES string of the molecule is COc1ccc(N[C@@H](c2ccccc2)[C@@H](Cc2ccccc2)NC(=O)C(F)(F)F)cc1.